The molecule has 5 nitrogen and oxygen atoms in total. The summed E-state index contributed by atoms with van der Waals surface area (Å²) in [5.41, 5.74) is 1.86. The molecule has 0 saturated heterocycles. The van der Waals surface area contributed by atoms with E-state index >= 15 is 0 Å². The minimum atomic E-state index is 0.440. The average molecular weight is 289 g/mol. The standard InChI is InChI=1S/C14H13ClN4O/c1-20-11-4-2-10(3-5-11)9-16-14-8-12(15)18-13-6-7-17-19(13)14/h2-8,16H,9H2,1H3. The Balaban J connectivity index is 1.80. The van der Waals surface area contributed by atoms with Crippen LogP contribution in [0.2, 0.25) is 5.15 Å². The van der Waals surface area contributed by atoms with Crippen molar-refractivity contribution < 1.29 is 4.74 Å². The van der Waals surface area contributed by atoms with Gasteiger partial charge in [-0.15, -0.1) is 0 Å². The van der Waals surface area contributed by atoms with Crippen molar-refractivity contribution in [2.45, 2.75) is 6.54 Å². The molecule has 1 aromatic carbocycles. The highest BCUT2D eigenvalue weighted by Crippen LogP contribution is 2.17. The van der Waals surface area contributed by atoms with E-state index in [4.69, 9.17) is 16.3 Å². The van der Waals surface area contributed by atoms with E-state index in [9.17, 15) is 0 Å². The van der Waals surface area contributed by atoms with Crippen molar-refractivity contribution in [2.75, 3.05) is 12.4 Å². The van der Waals surface area contributed by atoms with Gasteiger partial charge in [-0.05, 0) is 17.7 Å². The highest BCUT2D eigenvalue weighted by Gasteiger charge is 2.05. The van der Waals surface area contributed by atoms with Crippen LogP contribution in [0, 0.1) is 0 Å². The van der Waals surface area contributed by atoms with Crippen LogP contribution in [0.4, 0.5) is 5.82 Å². The van der Waals surface area contributed by atoms with E-state index in [0.717, 1.165) is 22.8 Å². The second-order valence-electron chi connectivity index (χ2n) is 4.27. The first-order valence-electron chi connectivity index (χ1n) is 6.13. The fourth-order valence-corrected chi connectivity index (χ4v) is 2.13. The van der Waals surface area contributed by atoms with Crippen LogP contribution in [0.3, 0.4) is 0 Å². The Bertz CT molecular complexity index is 724. The summed E-state index contributed by atoms with van der Waals surface area (Å²) in [6, 6.07) is 11.4. The molecule has 0 aliphatic rings. The van der Waals surface area contributed by atoms with Gasteiger partial charge in [-0.25, -0.2) is 4.98 Å². The zero-order valence-corrected chi connectivity index (χ0v) is 11.6. The Morgan fingerprint density at radius 3 is 2.80 bits per heavy atom. The number of methoxy groups -OCH3 is 1. The molecule has 2 aromatic heterocycles. The van der Waals surface area contributed by atoms with Crippen LogP contribution in [0.15, 0.2) is 42.6 Å². The predicted octanol–water partition coefficient (Wildman–Crippen LogP) is 3.00. The molecule has 0 bridgehead atoms. The first-order valence-corrected chi connectivity index (χ1v) is 6.51. The molecule has 0 aliphatic heterocycles. The molecular formula is C14H13ClN4O. The molecule has 0 fully saturated rings. The van der Waals surface area contributed by atoms with Crippen molar-refractivity contribution in [2.24, 2.45) is 0 Å². The fourth-order valence-electron chi connectivity index (χ4n) is 1.94. The number of anilines is 1. The van der Waals surface area contributed by atoms with Crippen molar-refractivity contribution >= 4 is 23.1 Å². The lowest BCUT2D eigenvalue weighted by Crippen LogP contribution is -2.06. The normalized spacial score (nSPS) is 10.7. The molecule has 0 radical (unpaired) electrons. The lowest BCUT2D eigenvalue weighted by atomic mass is 10.2. The van der Waals surface area contributed by atoms with Gasteiger partial charge >= 0.3 is 0 Å². The van der Waals surface area contributed by atoms with Crippen LogP contribution < -0.4 is 10.1 Å². The lowest BCUT2D eigenvalue weighted by molar-refractivity contribution is 0.414. The van der Waals surface area contributed by atoms with E-state index < -0.39 is 0 Å². The predicted molar refractivity (Wildman–Crippen MR) is 78.3 cm³/mol. The van der Waals surface area contributed by atoms with Gasteiger partial charge in [-0.3, -0.25) is 0 Å². The van der Waals surface area contributed by atoms with Crippen LogP contribution in [0.5, 0.6) is 5.75 Å². The molecule has 3 aromatic rings. The quantitative estimate of drug-likeness (QED) is 0.750. The van der Waals surface area contributed by atoms with Crippen LogP contribution >= 0.6 is 11.6 Å². The van der Waals surface area contributed by atoms with E-state index in [0.29, 0.717) is 11.7 Å². The van der Waals surface area contributed by atoms with Crippen LogP contribution in [-0.2, 0) is 6.54 Å². The summed E-state index contributed by atoms with van der Waals surface area (Å²) in [4.78, 5) is 4.18. The number of halogens is 1. The van der Waals surface area contributed by atoms with Crippen molar-refractivity contribution in [3.05, 3.63) is 53.3 Å². The summed E-state index contributed by atoms with van der Waals surface area (Å²) >= 11 is 5.99. The minimum absolute atomic E-state index is 0.440. The van der Waals surface area contributed by atoms with Gasteiger partial charge in [0.1, 0.15) is 16.7 Å². The summed E-state index contributed by atoms with van der Waals surface area (Å²) < 4.78 is 6.85. The number of nitrogens with one attached hydrogen (secondary N) is 1. The zero-order valence-electron chi connectivity index (χ0n) is 10.9. The van der Waals surface area contributed by atoms with E-state index in [1.165, 1.54) is 0 Å². The molecule has 0 unspecified atom stereocenters. The third-order valence-corrected chi connectivity index (χ3v) is 3.15. The summed E-state index contributed by atoms with van der Waals surface area (Å²) in [5.74, 6) is 1.65. The molecule has 0 saturated carbocycles. The zero-order chi connectivity index (χ0) is 13.9. The Morgan fingerprint density at radius 1 is 1.25 bits per heavy atom. The van der Waals surface area contributed by atoms with Gasteiger partial charge < -0.3 is 10.1 Å². The van der Waals surface area contributed by atoms with Gasteiger partial charge in [0.05, 0.1) is 13.3 Å². The Kier molecular flexibility index (Phi) is 3.43. The van der Waals surface area contributed by atoms with Gasteiger partial charge in [0.15, 0.2) is 5.65 Å². The smallest absolute Gasteiger partial charge is 0.159 e. The molecule has 0 amide bonds. The average Bonchev–Trinajstić information content (AvgIpc) is 2.93. The Morgan fingerprint density at radius 2 is 2.05 bits per heavy atom. The molecule has 0 atom stereocenters. The third-order valence-electron chi connectivity index (χ3n) is 2.96. The molecule has 0 aliphatic carbocycles. The van der Waals surface area contributed by atoms with Gasteiger partial charge in [0, 0.05) is 18.7 Å². The lowest BCUT2D eigenvalue weighted by Gasteiger charge is -2.09. The molecule has 0 spiro atoms. The SMILES string of the molecule is COc1ccc(CNc2cc(Cl)nc3ccnn23)cc1. The van der Waals surface area contributed by atoms with Gasteiger partial charge in [-0.2, -0.15) is 9.61 Å². The van der Waals surface area contributed by atoms with Crippen molar-refractivity contribution in [3.8, 4) is 5.75 Å². The fraction of sp³-hybridized carbons (Fsp3) is 0.143. The molecule has 2 heterocycles. The summed E-state index contributed by atoms with van der Waals surface area (Å²) in [6.45, 7) is 0.666. The summed E-state index contributed by atoms with van der Waals surface area (Å²) in [5, 5.41) is 7.96. The number of aromatic nitrogens is 3. The molecule has 20 heavy (non-hydrogen) atoms. The molecule has 3 rings (SSSR count). The number of nitrogens with zero attached hydrogens (tertiary/aromatic N) is 3. The highest BCUT2D eigenvalue weighted by molar-refractivity contribution is 6.29. The minimum Gasteiger partial charge on any atom is -0.497 e. The molecular weight excluding hydrogens is 276 g/mol. The maximum atomic E-state index is 5.99. The number of fused-ring (bicyclic) bond motifs is 1. The highest BCUT2D eigenvalue weighted by atomic mass is 35.5. The van der Waals surface area contributed by atoms with Crippen molar-refractivity contribution in [3.63, 3.8) is 0 Å². The van der Waals surface area contributed by atoms with Crippen LogP contribution in [0.1, 0.15) is 5.56 Å². The Labute approximate surface area is 121 Å². The molecule has 1 N–H and O–H groups in total. The number of ether oxygens (including phenoxy) is 1. The molecule has 102 valence electrons. The summed E-state index contributed by atoms with van der Waals surface area (Å²) in [7, 11) is 1.65. The maximum absolute atomic E-state index is 5.99. The number of benzene rings is 1. The van der Waals surface area contributed by atoms with Gasteiger partial charge in [0.25, 0.3) is 0 Å². The van der Waals surface area contributed by atoms with Crippen molar-refractivity contribution in [1.82, 2.24) is 14.6 Å². The monoisotopic (exact) mass is 288 g/mol. The van der Waals surface area contributed by atoms with E-state index in [2.05, 4.69) is 15.4 Å². The van der Waals surface area contributed by atoms with E-state index in [1.54, 1.807) is 23.9 Å². The van der Waals surface area contributed by atoms with E-state index in [-0.39, 0.29) is 0 Å². The van der Waals surface area contributed by atoms with Crippen LogP contribution in [-0.4, -0.2) is 21.7 Å². The van der Waals surface area contributed by atoms with Gasteiger partial charge in [-0.1, -0.05) is 23.7 Å². The number of hydrogen-bond acceptors (Lipinski definition) is 4. The largest absolute Gasteiger partial charge is 0.497 e. The topological polar surface area (TPSA) is 51.5 Å². The van der Waals surface area contributed by atoms with Gasteiger partial charge in [0.2, 0.25) is 0 Å². The van der Waals surface area contributed by atoms with Crippen LogP contribution in [0.25, 0.3) is 5.65 Å². The third kappa shape index (κ3) is 2.53. The van der Waals surface area contributed by atoms with E-state index in [1.807, 2.05) is 30.3 Å². The maximum Gasteiger partial charge on any atom is 0.159 e. The summed E-state index contributed by atoms with van der Waals surface area (Å²) in [6.07, 6.45) is 1.69. The Hall–Kier alpha value is -2.27. The number of hydrogen-bond donors (Lipinski definition) is 1. The van der Waals surface area contributed by atoms with Crippen molar-refractivity contribution in [1.29, 1.82) is 0 Å². The first kappa shape index (κ1) is 12.7. The second-order valence-corrected chi connectivity index (χ2v) is 4.65. The second kappa shape index (κ2) is 5.38. The molecule has 6 heteroatoms. The number of rotatable bonds is 4. The first-order chi connectivity index (χ1) is 9.76.